The first-order chi connectivity index (χ1) is 11.6. The van der Waals surface area contributed by atoms with Gasteiger partial charge in [-0.2, -0.15) is 0 Å². The van der Waals surface area contributed by atoms with Gasteiger partial charge in [-0.1, -0.05) is 0 Å². The van der Waals surface area contributed by atoms with Crippen LogP contribution in [0.2, 0.25) is 0 Å². The summed E-state index contributed by atoms with van der Waals surface area (Å²) in [7, 11) is 1.59. The fourth-order valence-electron chi connectivity index (χ4n) is 2.88. The number of ether oxygens (including phenoxy) is 1. The van der Waals surface area contributed by atoms with E-state index in [1.807, 2.05) is 6.92 Å². The van der Waals surface area contributed by atoms with Crippen LogP contribution in [0.1, 0.15) is 35.0 Å². The Kier molecular flexibility index (Phi) is 5.10. The average molecular weight is 330 g/mol. The van der Waals surface area contributed by atoms with Crippen LogP contribution in [-0.4, -0.2) is 47.0 Å². The van der Waals surface area contributed by atoms with Crippen LogP contribution >= 0.6 is 0 Å². The predicted molar refractivity (Wildman–Crippen MR) is 87.8 cm³/mol. The maximum Gasteiger partial charge on any atom is 0.269 e. The molecular formula is C17H22N4O3. The molecule has 1 fully saturated rings. The molecule has 128 valence electrons. The average Bonchev–Trinajstić information content (AvgIpc) is 2.99. The maximum atomic E-state index is 11.7. The van der Waals surface area contributed by atoms with Gasteiger partial charge in [-0.05, 0) is 25.5 Å². The van der Waals surface area contributed by atoms with E-state index in [1.165, 1.54) is 0 Å². The third-order valence-corrected chi connectivity index (χ3v) is 4.00. The maximum absolute atomic E-state index is 11.7. The lowest BCUT2D eigenvalue weighted by molar-refractivity contribution is 0.0796. The quantitative estimate of drug-likeness (QED) is 0.900. The number of nitrogens with one attached hydrogen (secondary N) is 1. The lowest BCUT2D eigenvalue weighted by Gasteiger charge is -2.32. The fourth-order valence-corrected chi connectivity index (χ4v) is 2.88. The van der Waals surface area contributed by atoms with E-state index in [0.29, 0.717) is 17.3 Å². The Morgan fingerprint density at radius 2 is 2.38 bits per heavy atom. The summed E-state index contributed by atoms with van der Waals surface area (Å²) in [4.78, 5) is 22.2. The zero-order valence-electron chi connectivity index (χ0n) is 14.0. The highest BCUT2D eigenvalue weighted by molar-refractivity contribution is 5.92. The Morgan fingerprint density at radius 1 is 1.50 bits per heavy atom. The van der Waals surface area contributed by atoms with Crippen molar-refractivity contribution in [3.8, 4) is 5.75 Å². The van der Waals surface area contributed by atoms with Gasteiger partial charge in [-0.15, -0.1) is 0 Å². The molecule has 7 heteroatoms. The van der Waals surface area contributed by atoms with Crippen molar-refractivity contribution < 1.29 is 13.9 Å². The third kappa shape index (κ3) is 4.11. The highest BCUT2D eigenvalue weighted by atomic mass is 16.5. The Morgan fingerprint density at radius 3 is 3.12 bits per heavy atom. The molecule has 1 N–H and O–H groups in total. The van der Waals surface area contributed by atoms with E-state index >= 15 is 0 Å². The normalized spacial score (nSPS) is 18.3. The van der Waals surface area contributed by atoms with Gasteiger partial charge in [0.05, 0.1) is 12.7 Å². The molecule has 0 bridgehead atoms. The van der Waals surface area contributed by atoms with E-state index in [-0.39, 0.29) is 12.0 Å². The molecule has 0 aromatic carbocycles. The largest absolute Gasteiger partial charge is 0.489 e. The van der Waals surface area contributed by atoms with Crippen molar-refractivity contribution in [1.82, 2.24) is 20.2 Å². The summed E-state index contributed by atoms with van der Waals surface area (Å²) in [5.74, 6) is 2.02. The fraction of sp³-hybridized carbons (Fsp3) is 0.471. The van der Waals surface area contributed by atoms with Crippen LogP contribution in [0.4, 0.5) is 0 Å². The van der Waals surface area contributed by atoms with E-state index in [4.69, 9.17) is 9.15 Å². The second kappa shape index (κ2) is 7.44. The highest BCUT2D eigenvalue weighted by Crippen LogP contribution is 2.20. The number of carbonyl (C=O) groups is 1. The lowest BCUT2D eigenvalue weighted by atomic mass is 10.1. The standard InChI is InChI=1S/C17H22N4O3/c1-12-20-9-15(23-12)11-21-7-3-4-14(10-21)24-13-5-6-19-16(8-13)17(22)18-2/h5-6,8-9,14H,3-4,7,10-11H2,1-2H3,(H,18,22). The Labute approximate surface area is 141 Å². The van der Waals surface area contributed by atoms with E-state index in [2.05, 4.69) is 20.2 Å². The molecular weight excluding hydrogens is 308 g/mol. The first kappa shape index (κ1) is 16.4. The minimum Gasteiger partial charge on any atom is -0.489 e. The van der Waals surface area contributed by atoms with E-state index in [9.17, 15) is 4.79 Å². The SMILES string of the molecule is CNC(=O)c1cc(OC2CCCN(Cc3cnc(C)o3)C2)ccn1. The molecule has 1 aliphatic rings. The van der Waals surface area contributed by atoms with Crippen molar-refractivity contribution in [3.05, 3.63) is 41.9 Å². The molecule has 24 heavy (non-hydrogen) atoms. The van der Waals surface area contributed by atoms with Crippen LogP contribution in [0.3, 0.4) is 0 Å². The van der Waals surface area contributed by atoms with Gasteiger partial charge in [0, 0.05) is 32.8 Å². The summed E-state index contributed by atoms with van der Waals surface area (Å²) >= 11 is 0. The number of aryl methyl sites for hydroxylation is 1. The van der Waals surface area contributed by atoms with E-state index < -0.39 is 0 Å². The second-order valence-corrected chi connectivity index (χ2v) is 5.92. The number of hydrogen-bond acceptors (Lipinski definition) is 6. The summed E-state index contributed by atoms with van der Waals surface area (Å²) in [5, 5.41) is 2.57. The van der Waals surface area contributed by atoms with Gasteiger partial charge < -0.3 is 14.5 Å². The van der Waals surface area contributed by atoms with Gasteiger partial charge in [-0.3, -0.25) is 14.7 Å². The highest BCUT2D eigenvalue weighted by Gasteiger charge is 2.22. The molecule has 0 aliphatic carbocycles. The smallest absolute Gasteiger partial charge is 0.269 e. The van der Waals surface area contributed by atoms with Gasteiger partial charge in [0.2, 0.25) is 0 Å². The molecule has 7 nitrogen and oxygen atoms in total. The number of carbonyl (C=O) groups excluding carboxylic acids is 1. The Balaban J connectivity index is 1.60. The summed E-state index contributed by atoms with van der Waals surface area (Å²) in [6.45, 7) is 4.41. The van der Waals surface area contributed by atoms with Crippen LogP contribution in [0, 0.1) is 6.92 Å². The molecule has 0 saturated carbocycles. The van der Waals surface area contributed by atoms with E-state index in [0.717, 1.165) is 38.2 Å². The van der Waals surface area contributed by atoms with Crippen molar-refractivity contribution in [2.24, 2.45) is 0 Å². The number of pyridine rings is 1. The minimum absolute atomic E-state index is 0.0858. The van der Waals surface area contributed by atoms with Crippen LogP contribution in [0.15, 0.2) is 28.9 Å². The molecule has 1 saturated heterocycles. The topological polar surface area (TPSA) is 80.5 Å². The number of hydrogen-bond donors (Lipinski definition) is 1. The minimum atomic E-state index is -0.216. The van der Waals surface area contributed by atoms with Crippen LogP contribution in [-0.2, 0) is 6.54 Å². The number of piperidine rings is 1. The van der Waals surface area contributed by atoms with Crippen LogP contribution < -0.4 is 10.1 Å². The lowest BCUT2D eigenvalue weighted by Crippen LogP contribution is -2.40. The third-order valence-electron chi connectivity index (χ3n) is 4.00. The van der Waals surface area contributed by atoms with Crippen molar-refractivity contribution in [3.63, 3.8) is 0 Å². The Bertz CT molecular complexity index is 701. The van der Waals surface area contributed by atoms with Gasteiger partial charge in [0.15, 0.2) is 5.89 Å². The van der Waals surface area contributed by atoms with Gasteiger partial charge >= 0.3 is 0 Å². The predicted octanol–water partition coefficient (Wildman–Crippen LogP) is 1.78. The Hall–Kier alpha value is -2.41. The van der Waals surface area contributed by atoms with Gasteiger partial charge in [-0.25, -0.2) is 4.98 Å². The molecule has 3 rings (SSSR count). The van der Waals surface area contributed by atoms with Crippen LogP contribution in [0.5, 0.6) is 5.75 Å². The molecule has 0 radical (unpaired) electrons. The zero-order chi connectivity index (χ0) is 16.9. The molecule has 3 heterocycles. The van der Waals surface area contributed by atoms with Crippen molar-refractivity contribution in [2.75, 3.05) is 20.1 Å². The van der Waals surface area contributed by atoms with Crippen molar-refractivity contribution in [1.29, 1.82) is 0 Å². The van der Waals surface area contributed by atoms with Gasteiger partial charge in [0.25, 0.3) is 5.91 Å². The van der Waals surface area contributed by atoms with Gasteiger partial charge in [0.1, 0.15) is 23.3 Å². The number of oxazole rings is 1. The molecule has 1 unspecified atom stereocenters. The summed E-state index contributed by atoms with van der Waals surface area (Å²) < 4.78 is 11.6. The molecule has 2 aromatic rings. The van der Waals surface area contributed by atoms with Crippen molar-refractivity contribution >= 4 is 5.91 Å². The van der Waals surface area contributed by atoms with E-state index in [1.54, 1.807) is 31.6 Å². The van der Waals surface area contributed by atoms with Crippen molar-refractivity contribution in [2.45, 2.75) is 32.4 Å². The first-order valence-corrected chi connectivity index (χ1v) is 8.12. The first-order valence-electron chi connectivity index (χ1n) is 8.12. The summed E-state index contributed by atoms with van der Waals surface area (Å²) in [6.07, 6.45) is 5.51. The number of amides is 1. The monoisotopic (exact) mass is 330 g/mol. The molecule has 1 atom stereocenters. The number of rotatable bonds is 5. The van der Waals surface area contributed by atoms with Crippen LogP contribution in [0.25, 0.3) is 0 Å². The number of nitrogens with zero attached hydrogens (tertiary/aromatic N) is 3. The molecule has 1 amide bonds. The molecule has 1 aliphatic heterocycles. The molecule has 2 aromatic heterocycles. The summed E-state index contributed by atoms with van der Waals surface area (Å²) in [6, 6.07) is 3.46. The summed E-state index contributed by atoms with van der Waals surface area (Å²) in [5.41, 5.74) is 0.361. The molecule has 0 spiro atoms. The second-order valence-electron chi connectivity index (χ2n) is 5.92. The zero-order valence-corrected chi connectivity index (χ0v) is 14.0. The number of aromatic nitrogens is 2. The number of likely N-dealkylation sites (tertiary alicyclic amines) is 1.